The van der Waals surface area contributed by atoms with Gasteiger partial charge in [-0.1, -0.05) is 43.2 Å². The summed E-state index contributed by atoms with van der Waals surface area (Å²) < 4.78 is 10.5. The molecular formula is C25H39N3O9. The van der Waals surface area contributed by atoms with E-state index in [0.29, 0.717) is 32.1 Å². The Morgan fingerprint density at radius 2 is 1.65 bits per heavy atom. The Balaban J connectivity index is 1.47. The van der Waals surface area contributed by atoms with Crippen LogP contribution in [0.2, 0.25) is 0 Å². The van der Waals surface area contributed by atoms with Gasteiger partial charge in [-0.2, -0.15) is 0 Å². The fraction of sp³-hybridized carbons (Fsp3) is 0.640. The summed E-state index contributed by atoms with van der Waals surface area (Å²) >= 11 is 0. The fourth-order valence-corrected chi connectivity index (χ4v) is 3.82. The molecule has 1 saturated heterocycles. The third kappa shape index (κ3) is 11.2. The molecule has 0 unspecified atom stereocenters. The molecule has 0 spiro atoms. The summed E-state index contributed by atoms with van der Waals surface area (Å²) in [6.45, 7) is -0.376. The lowest BCUT2D eigenvalue weighted by molar-refractivity contribution is -0.300. The highest BCUT2D eigenvalue weighted by atomic mass is 16.7. The molecule has 6 atom stereocenters. The molecule has 2 amide bonds. The maximum atomic E-state index is 12.0. The smallest absolute Gasteiger partial charge is 0.234 e. The van der Waals surface area contributed by atoms with E-state index < -0.39 is 43.4 Å². The van der Waals surface area contributed by atoms with Gasteiger partial charge in [0.05, 0.1) is 19.3 Å². The van der Waals surface area contributed by atoms with E-state index in [9.17, 15) is 29.7 Å². The zero-order valence-electron chi connectivity index (χ0n) is 20.8. The van der Waals surface area contributed by atoms with Gasteiger partial charge in [0.25, 0.3) is 0 Å². The summed E-state index contributed by atoms with van der Waals surface area (Å²) in [4.78, 5) is 35.2. The van der Waals surface area contributed by atoms with Crippen molar-refractivity contribution in [2.24, 2.45) is 0 Å². The number of hydrogen-bond donors (Lipinski definition) is 7. The lowest BCUT2D eigenvalue weighted by Crippen LogP contribution is -2.59. The molecule has 0 radical (unpaired) electrons. The van der Waals surface area contributed by atoms with Crippen LogP contribution in [0.25, 0.3) is 0 Å². The first-order valence-electron chi connectivity index (χ1n) is 12.6. The Kier molecular flexibility index (Phi) is 14.2. The molecule has 0 aliphatic carbocycles. The molecule has 1 fully saturated rings. The highest BCUT2D eigenvalue weighted by Crippen LogP contribution is 2.21. The minimum Gasteiger partial charge on any atom is -0.394 e. The fourth-order valence-electron chi connectivity index (χ4n) is 3.82. The van der Waals surface area contributed by atoms with Crippen LogP contribution in [0.1, 0.15) is 44.1 Å². The first-order chi connectivity index (χ1) is 17.8. The van der Waals surface area contributed by atoms with Crippen LogP contribution >= 0.6 is 0 Å². The molecule has 1 aliphatic rings. The van der Waals surface area contributed by atoms with Crippen molar-refractivity contribution in [2.75, 3.05) is 19.8 Å². The van der Waals surface area contributed by atoms with Crippen molar-refractivity contribution < 1.29 is 44.3 Å². The zero-order chi connectivity index (χ0) is 27.0. The number of hydrazine groups is 1. The number of rotatable bonds is 17. The second kappa shape index (κ2) is 17.1. The highest BCUT2D eigenvalue weighted by molar-refractivity contribution is 5.76. The van der Waals surface area contributed by atoms with E-state index in [0.717, 1.165) is 24.7 Å². The van der Waals surface area contributed by atoms with Crippen LogP contribution in [0.4, 0.5) is 0 Å². The second-order valence-corrected chi connectivity index (χ2v) is 8.96. The van der Waals surface area contributed by atoms with Gasteiger partial charge < -0.3 is 40.0 Å². The van der Waals surface area contributed by atoms with Crippen molar-refractivity contribution in [3.8, 4) is 0 Å². The third-order valence-electron chi connectivity index (χ3n) is 5.97. The number of ether oxygens (including phenoxy) is 2. The molecule has 0 saturated carbocycles. The van der Waals surface area contributed by atoms with E-state index in [2.05, 4.69) is 16.2 Å². The number of carbonyl (C=O) groups is 3. The summed E-state index contributed by atoms with van der Waals surface area (Å²) in [6.07, 6.45) is -1.98. The quantitative estimate of drug-likeness (QED) is 0.0731. The molecule has 2 rings (SSSR count). The monoisotopic (exact) mass is 525 g/mol. The molecular weight excluding hydrogens is 486 g/mol. The Hall–Kier alpha value is -2.45. The van der Waals surface area contributed by atoms with Gasteiger partial charge in [0.15, 0.2) is 6.29 Å². The average Bonchev–Trinajstić information content (AvgIpc) is 2.91. The van der Waals surface area contributed by atoms with Crippen molar-refractivity contribution in [1.29, 1.82) is 0 Å². The van der Waals surface area contributed by atoms with Crippen molar-refractivity contribution in [2.45, 2.75) is 81.7 Å². The van der Waals surface area contributed by atoms with Gasteiger partial charge >= 0.3 is 0 Å². The van der Waals surface area contributed by atoms with E-state index in [-0.39, 0.29) is 25.0 Å². The lowest BCUT2D eigenvalue weighted by atomic mass is 9.99. The van der Waals surface area contributed by atoms with E-state index in [1.165, 1.54) is 0 Å². The van der Waals surface area contributed by atoms with Gasteiger partial charge in [-0.05, 0) is 24.8 Å². The molecule has 37 heavy (non-hydrogen) atoms. The number of amides is 2. The van der Waals surface area contributed by atoms with E-state index >= 15 is 0 Å². The topological polar surface area (TPSA) is 187 Å². The molecule has 1 aromatic carbocycles. The van der Waals surface area contributed by atoms with E-state index in [4.69, 9.17) is 14.6 Å². The summed E-state index contributed by atoms with van der Waals surface area (Å²) in [5.41, 5.74) is 6.32. The number of hydrogen-bond acceptors (Lipinski definition) is 10. The minimum atomic E-state index is -1.51. The summed E-state index contributed by atoms with van der Waals surface area (Å²) in [5.74, 6) is -0.366. The van der Waals surface area contributed by atoms with Crippen molar-refractivity contribution in [3.05, 3.63) is 35.9 Å². The maximum absolute atomic E-state index is 12.0. The van der Waals surface area contributed by atoms with Gasteiger partial charge in [0, 0.05) is 19.4 Å². The number of aliphatic hydroxyl groups is 4. The SMILES string of the molecule is O=C[C@H](Cc1ccccc1)NNC(=O)CCCCCCC(=O)NCCO[C@H]1O[C@H](CO)[C@@H](O)[C@H](O)[C@@H]1O. The van der Waals surface area contributed by atoms with Crippen LogP contribution in [-0.2, 0) is 30.3 Å². The lowest BCUT2D eigenvalue weighted by Gasteiger charge is -2.39. The number of aliphatic hydroxyl groups excluding tert-OH is 4. The van der Waals surface area contributed by atoms with E-state index in [1.54, 1.807) is 0 Å². The summed E-state index contributed by atoms with van der Waals surface area (Å²) in [6, 6.07) is 9.00. The zero-order valence-corrected chi connectivity index (χ0v) is 20.8. The Morgan fingerprint density at radius 3 is 2.30 bits per heavy atom. The first kappa shape index (κ1) is 30.8. The van der Waals surface area contributed by atoms with Crippen LogP contribution in [0.15, 0.2) is 30.3 Å². The van der Waals surface area contributed by atoms with Crippen molar-refractivity contribution >= 4 is 18.1 Å². The van der Waals surface area contributed by atoms with Gasteiger partial charge in [0.2, 0.25) is 11.8 Å². The Morgan fingerprint density at radius 1 is 0.973 bits per heavy atom. The van der Waals surface area contributed by atoms with Gasteiger partial charge in [-0.25, -0.2) is 5.43 Å². The van der Waals surface area contributed by atoms with Crippen LogP contribution in [0, 0.1) is 0 Å². The van der Waals surface area contributed by atoms with Crippen molar-refractivity contribution in [3.63, 3.8) is 0 Å². The van der Waals surface area contributed by atoms with Crippen LogP contribution in [0.5, 0.6) is 0 Å². The minimum absolute atomic E-state index is 0.00782. The molecule has 0 bridgehead atoms. The summed E-state index contributed by atoms with van der Waals surface area (Å²) in [7, 11) is 0. The van der Waals surface area contributed by atoms with Crippen LogP contribution in [0.3, 0.4) is 0 Å². The summed E-state index contributed by atoms with van der Waals surface area (Å²) in [5, 5.41) is 41.2. The molecule has 1 aromatic rings. The number of unbranched alkanes of at least 4 members (excludes halogenated alkanes) is 3. The van der Waals surface area contributed by atoms with E-state index in [1.807, 2.05) is 30.3 Å². The van der Waals surface area contributed by atoms with Gasteiger partial charge in [-0.3, -0.25) is 15.0 Å². The van der Waals surface area contributed by atoms with Gasteiger partial charge in [-0.15, -0.1) is 0 Å². The number of benzene rings is 1. The highest BCUT2D eigenvalue weighted by Gasteiger charge is 2.43. The predicted molar refractivity (Wildman–Crippen MR) is 132 cm³/mol. The largest absolute Gasteiger partial charge is 0.394 e. The molecule has 0 aromatic heterocycles. The van der Waals surface area contributed by atoms with Crippen molar-refractivity contribution in [1.82, 2.24) is 16.2 Å². The Bertz CT molecular complexity index is 812. The normalized spacial score (nSPS) is 24.3. The Labute approximate surface area is 216 Å². The average molecular weight is 526 g/mol. The molecule has 1 heterocycles. The molecule has 12 heteroatoms. The van der Waals surface area contributed by atoms with Crippen LogP contribution < -0.4 is 16.2 Å². The predicted octanol–water partition coefficient (Wildman–Crippen LogP) is -1.31. The third-order valence-corrected chi connectivity index (χ3v) is 5.97. The number of aldehydes is 1. The number of carbonyl (C=O) groups excluding carboxylic acids is 3. The first-order valence-corrected chi connectivity index (χ1v) is 12.6. The molecule has 1 aliphatic heterocycles. The van der Waals surface area contributed by atoms with Crippen LogP contribution in [-0.4, -0.2) is 95.0 Å². The maximum Gasteiger partial charge on any atom is 0.234 e. The number of nitrogens with one attached hydrogen (secondary N) is 3. The molecule has 208 valence electrons. The second-order valence-electron chi connectivity index (χ2n) is 8.96. The molecule has 7 N–H and O–H groups in total. The standard InChI is InChI=1S/C25H39N3O9/c29-15-18(14-17-8-4-3-5-9-17)27-28-21(32)11-7-2-1-6-10-20(31)26-12-13-36-25-24(35)23(34)22(33)19(16-30)37-25/h3-5,8-9,15,18-19,22-25,27,30,33-35H,1-2,6-7,10-14,16H2,(H,26,31)(H,28,32)/t18-,19+,22+,23-,24-,25-/m0/s1. The molecule has 12 nitrogen and oxygen atoms in total. The van der Waals surface area contributed by atoms with Gasteiger partial charge in [0.1, 0.15) is 30.7 Å².